The van der Waals surface area contributed by atoms with Crippen LogP contribution in [0.5, 0.6) is 0 Å². The highest BCUT2D eigenvalue weighted by Gasteiger charge is 2.85. The summed E-state index contributed by atoms with van der Waals surface area (Å²) >= 11 is 0. The molecule has 0 heterocycles. The van der Waals surface area contributed by atoms with Gasteiger partial charge in [-0.25, -0.2) is 4.57 Å². The highest BCUT2D eigenvalue weighted by Crippen LogP contribution is 3.06. The molecule has 2 unspecified atom stereocenters. The molecule has 0 saturated heterocycles. The van der Waals surface area contributed by atoms with Crippen molar-refractivity contribution >= 4 is 126 Å². The van der Waals surface area contributed by atoms with Crippen LogP contribution < -0.4 is 0 Å². The molecule has 0 amide bonds. The van der Waals surface area contributed by atoms with Gasteiger partial charge < -0.3 is 63.1 Å². The Kier molecular flexibility index (Phi) is 21.4. The second kappa shape index (κ2) is 21.4. The van der Waals surface area contributed by atoms with E-state index in [1.807, 2.05) is 0 Å². The summed E-state index contributed by atoms with van der Waals surface area (Å²) in [5.41, 5.74) is -2.23. The van der Waals surface area contributed by atoms with Gasteiger partial charge in [-0.3, -0.25) is 32.0 Å². The summed E-state index contributed by atoms with van der Waals surface area (Å²) < 4.78 is 170. The first-order valence-corrected chi connectivity index (χ1v) is 63.2. The monoisotopic (exact) mass is 1290 g/mol. The summed E-state index contributed by atoms with van der Waals surface area (Å²) in [5.74, 6) is 0. The van der Waals surface area contributed by atoms with Crippen LogP contribution in [0.2, 0.25) is 157 Å². The molecule has 0 fully saturated rings. The molecule has 0 aliphatic carbocycles. The average Bonchev–Trinajstić information content (AvgIpc) is 2.92. The Morgan fingerprint density at radius 3 is 0.700 bits per heavy atom. The third-order valence-corrected chi connectivity index (χ3v) is 60.5. The van der Waals surface area contributed by atoms with E-state index in [0.29, 0.717) is 24.3 Å². The van der Waals surface area contributed by atoms with Gasteiger partial charge in [0.05, 0.1) is 0 Å². The Hall–Kier alpha value is 2.24. The Bertz CT molecular complexity index is 2330. The van der Waals surface area contributed by atoms with Crippen molar-refractivity contribution in [3.63, 3.8) is 0 Å². The lowest BCUT2D eigenvalue weighted by Crippen LogP contribution is -2.45. The van der Waals surface area contributed by atoms with Gasteiger partial charge in [0.25, 0.3) is 9.28 Å². The third-order valence-electron chi connectivity index (χ3n) is 7.84. The summed E-state index contributed by atoms with van der Waals surface area (Å²) in [6, 6.07) is 2.26. The molecule has 0 spiro atoms. The van der Waals surface area contributed by atoms with Crippen LogP contribution in [0.3, 0.4) is 0 Å². The smallest absolute Gasteiger partial charge is 0.361 e. The maximum Gasteiger partial charge on any atom is 0.408 e. The third kappa shape index (κ3) is 16.2. The van der Waals surface area contributed by atoms with Gasteiger partial charge in [0.15, 0.2) is 66.5 Å². The first-order valence-electron chi connectivity index (χ1n) is 21.8. The second-order valence-corrected chi connectivity index (χ2v) is 84.8. The van der Waals surface area contributed by atoms with E-state index in [1.54, 1.807) is 118 Å². The molecular weight excluding hydrogens is 1210 g/mol. The van der Waals surface area contributed by atoms with E-state index < -0.39 is 146 Å². The standard InChI is InChI=1S/C32H82O22P8Si8/c1-63(2,3)47-57(39,48-64(4,5)6)32(58(40,49-65(7,8)9)50-66(10,11)12,60(42,52-68(16,17)18)62(46,53-69(19,20)21)54-70(22,23)24)30-27-25-29(26-28-30)31(55(33,34)35,56(36,37)38)59(41,61(43,44)45)51-67(13,14)15/h25-28H,1-24H3,(H2,33,34,35)(H2,36,37,38)(H2,43,44,45). The molecule has 2 atom stereocenters. The summed E-state index contributed by atoms with van der Waals surface area (Å²) in [4.78, 5) is 66.2. The van der Waals surface area contributed by atoms with Crippen LogP contribution in [0.15, 0.2) is 24.3 Å². The molecule has 0 aromatic heterocycles. The number of hydrogen-bond donors (Lipinski definition) is 6. The molecule has 0 saturated carbocycles. The van der Waals surface area contributed by atoms with Crippen LogP contribution in [-0.4, -0.2) is 95.9 Å². The van der Waals surface area contributed by atoms with E-state index in [4.69, 9.17) is 33.7 Å². The second-order valence-electron chi connectivity index (χ2n) is 24.6. The average molecular weight is 1290 g/mol. The predicted octanol–water partition coefficient (Wildman–Crippen LogP) is 14.2. The first-order chi connectivity index (χ1) is 29.9. The fourth-order valence-corrected chi connectivity index (χ4v) is 75.1. The van der Waals surface area contributed by atoms with E-state index in [1.165, 1.54) is 39.3 Å². The fraction of sp³-hybridized carbons (Fsp3) is 0.812. The minimum Gasteiger partial charge on any atom is -0.361 e. The van der Waals surface area contributed by atoms with Crippen molar-refractivity contribution in [3.8, 4) is 0 Å². The van der Waals surface area contributed by atoms with Crippen molar-refractivity contribution in [2.24, 2.45) is 0 Å². The normalized spacial score (nSPS) is 17.6. The topological polar surface area (TPSA) is 332 Å². The van der Waals surface area contributed by atoms with Gasteiger partial charge in [-0.15, -0.1) is 0 Å². The summed E-state index contributed by atoms with van der Waals surface area (Å²) in [6.45, 7) is 36.5. The lowest BCUT2D eigenvalue weighted by molar-refractivity contribution is 0.317. The van der Waals surface area contributed by atoms with Crippen LogP contribution in [0.25, 0.3) is 0 Å². The summed E-state index contributed by atoms with van der Waals surface area (Å²) in [6.07, 6.45) is 0. The van der Waals surface area contributed by atoms with Crippen molar-refractivity contribution in [1.82, 2.24) is 0 Å². The lowest BCUT2D eigenvalue weighted by Gasteiger charge is -2.53. The zero-order valence-corrected chi connectivity index (χ0v) is 60.3. The van der Waals surface area contributed by atoms with Gasteiger partial charge in [-0.05, 0) is 168 Å². The lowest BCUT2D eigenvalue weighted by atomic mass is 10.2. The Labute approximate surface area is 424 Å². The van der Waals surface area contributed by atoms with E-state index >= 15 is 22.8 Å². The molecule has 0 aliphatic rings. The van der Waals surface area contributed by atoms with Crippen molar-refractivity contribution < 1.29 is 99.6 Å². The van der Waals surface area contributed by atoms with Crippen molar-refractivity contribution in [2.45, 2.75) is 166 Å². The highest BCUT2D eigenvalue weighted by atomic mass is 32.1. The first kappa shape index (κ1) is 70.2. The van der Waals surface area contributed by atoms with E-state index in [9.17, 15) is 43.1 Å². The molecule has 414 valence electrons. The van der Waals surface area contributed by atoms with Crippen LogP contribution >= 0.6 is 59.1 Å². The van der Waals surface area contributed by atoms with Gasteiger partial charge in [-0.1, -0.05) is 24.3 Å². The van der Waals surface area contributed by atoms with E-state index in [-0.39, 0.29) is 0 Å². The number of rotatable bonds is 26. The molecule has 0 aliphatic heterocycles. The minimum atomic E-state index is -6.88. The van der Waals surface area contributed by atoms with E-state index in [0.717, 1.165) is 0 Å². The van der Waals surface area contributed by atoms with Crippen LogP contribution in [0, 0.1) is 0 Å². The quantitative estimate of drug-likeness (QED) is 0.0371. The molecule has 22 nitrogen and oxygen atoms in total. The zero-order chi connectivity index (χ0) is 56.6. The minimum absolute atomic E-state index is 0.460. The van der Waals surface area contributed by atoms with Crippen molar-refractivity contribution in [1.29, 1.82) is 0 Å². The van der Waals surface area contributed by atoms with Gasteiger partial charge >= 0.3 is 59.1 Å². The Morgan fingerprint density at radius 1 is 0.314 bits per heavy atom. The van der Waals surface area contributed by atoms with Gasteiger partial charge in [0.1, 0.15) is 0 Å². The molecular formula is C32H82O22P8Si8. The summed E-state index contributed by atoms with van der Waals surface area (Å²) in [5, 5.41) is 0. The van der Waals surface area contributed by atoms with Gasteiger partial charge in [0.2, 0.25) is 0 Å². The molecule has 38 heteroatoms. The SMILES string of the molecule is C[Si](C)(C)OP(=O)(O[Si](C)(C)C)C(c1ccc(C(P(=O)(O)O)(P(=O)(O)O)P(=O)(O[Si](C)(C)C)P(=O)(O)O)cc1)(P(=O)(O[Si](C)(C)C)O[Si](C)(C)C)P(=O)(O[Si](C)(C)C)P(=O)(O[Si](C)(C)C)O[Si](C)(C)C. The molecule has 0 radical (unpaired) electrons. The molecule has 1 aromatic rings. The van der Waals surface area contributed by atoms with Gasteiger partial charge in [-0.2, -0.15) is 0 Å². The van der Waals surface area contributed by atoms with Crippen LogP contribution in [0.4, 0.5) is 0 Å². The van der Waals surface area contributed by atoms with Crippen LogP contribution in [-0.2, 0) is 79.5 Å². The maximum absolute atomic E-state index is 18.0. The molecule has 0 bridgehead atoms. The predicted molar refractivity (Wildman–Crippen MR) is 299 cm³/mol. The van der Waals surface area contributed by atoms with Gasteiger partial charge in [0, 0.05) is 0 Å². The number of benzene rings is 1. The van der Waals surface area contributed by atoms with Crippen molar-refractivity contribution in [3.05, 3.63) is 35.4 Å². The maximum atomic E-state index is 18.0. The fourth-order valence-electron chi connectivity index (χ4n) is 6.73. The number of hydrogen-bond acceptors (Lipinski definition) is 16. The van der Waals surface area contributed by atoms with E-state index in [2.05, 4.69) is 0 Å². The zero-order valence-electron chi connectivity index (χ0n) is 45.1. The Balaban J connectivity index is 5.96. The molecule has 1 aromatic carbocycles. The highest BCUT2D eigenvalue weighted by molar-refractivity contribution is 8.35. The molecule has 1 rings (SSSR count). The van der Waals surface area contributed by atoms with Crippen LogP contribution in [0.1, 0.15) is 11.1 Å². The Morgan fingerprint density at radius 2 is 0.514 bits per heavy atom. The molecule has 70 heavy (non-hydrogen) atoms. The molecule has 6 N–H and O–H groups in total. The van der Waals surface area contributed by atoms with Crippen molar-refractivity contribution in [2.75, 3.05) is 0 Å². The summed E-state index contributed by atoms with van der Waals surface area (Å²) in [7, 11) is -79.1. The largest absolute Gasteiger partial charge is 0.408 e.